The van der Waals surface area contributed by atoms with Crippen molar-refractivity contribution in [3.05, 3.63) is 71.5 Å². The van der Waals surface area contributed by atoms with Crippen molar-refractivity contribution in [2.45, 2.75) is 6.04 Å². The fraction of sp³-hybridized carbons (Fsp3) is 0.200. The number of nitrogens with one attached hydrogen (secondary N) is 1. The Kier molecular flexibility index (Phi) is 4.29. The van der Waals surface area contributed by atoms with E-state index in [1.54, 1.807) is 12.3 Å². The molecule has 0 saturated heterocycles. The summed E-state index contributed by atoms with van der Waals surface area (Å²) in [4.78, 5) is 30.3. The number of carbonyl (C=O) groups excluding carboxylic acids is 2. The minimum atomic E-state index is -0.735. The van der Waals surface area contributed by atoms with Crippen molar-refractivity contribution >= 4 is 22.6 Å². The Balaban J connectivity index is 1.86. The van der Waals surface area contributed by atoms with Gasteiger partial charge in [-0.15, -0.1) is 0 Å². The van der Waals surface area contributed by atoms with Gasteiger partial charge in [-0.25, -0.2) is 0 Å². The van der Waals surface area contributed by atoms with Crippen LogP contribution in [-0.4, -0.2) is 46.9 Å². The number of aliphatic hydroxyl groups is 1. The number of aromatic nitrogens is 1. The van der Waals surface area contributed by atoms with Gasteiger partial charge in [-0.05, 0) is 18.2 Å². The average Bonchev–Trinajstić information content (AvgIpc) is 3.40. The highest BCUT2D eigenvalue weighted by Gasteiger charge is 2.45. The first-order chi connectivity index (χ1) is 13.1. The van der Waals surface area contributed by atoms with Crippen LogP contribution in [0.5, 0.6) is 0 Å². The number of benzene rings is 1. The third-order valence-electron chi connectivity index (χ3n) is 4.75. The number of nitrogens with zero attached hydrogens (tertiary/aromatic N) is 1. The molecule has 1 aromatic carbocycles. The number of ether oxygens (including phenoxy) is 1. The number of rotatable bonds is 6. The summed E-state index contributed by atoms with van der Waals surface area (Å²) in [6.45, 7) is 0.512. The van der Waals surface area contributed by atoms with Crippen molar-refractivity contribution in [3.63, 3.8) is 0 Å². The van der Waals surface area contributed by atoms with Crippen molar-refractivity contribution < 1.29 is 23.8 Å². The lowest BCUT2D eigenvalue weighted by molar-refractivity contribution is -0.130. The minimum absolute atomic E-state index is 0.0100. The number of carbonyl (C=O) groups is 2. The molecule has 1 atom stereocenters. The summed E-state index contributed by atoms with van der Waals surface area (Å²) < 4.78 is 10.3. The van der Waals surface area contributed by atoms with E-state index < -0.39 is 23.5 Å². The quantitative estimate of drug-likeness (QED) is 0.654. The van der Waals surface area contributed by atoms with Crippen LogP contribution in [-0.2, 0) is 9.53 Å². The lowest BCUT2D eigenvalue weighted by Gasteiger charge is -2.25. The van der Waals surface area contributed by atoms with Crippen LogP contribution in [0.1, 0.15) is 22.2 Å². The molecule has 138 valence electrons. The number of amides is 1. The molecular weight excluding hydrogens is 348 g/mol. The lowest BCUT2D eigenvalue weighted by atomic mass is 9.94. The highest BCUT2D eigenvalue weighted by molar-refractivity contribution is 6.15. The molecule has 1 unspecified atom stereocenters. The normalized spacial score (nSPS) is 17.3. The van der Waals surface area contributed by atoms with Crippen LogP contribution in [0.25, 0.3) is 10.9 Å². The topological polar surface area (TPSA) is 95.8 Å². The maximum atomic E-state index is 13.0. The van der Waals surface area contributed by atoms with Crippen LogP contribution in [0, 0.1) is 0 Å². The number of hydrogen-bond donors (Lipinski definition) is 2. The maximum Gasteiger partial charge on any atom is 0.290 e. The van der Waals surface area contributed by atoms with Crippen molar-refractivity contribution in [1.82, 2.24) is 9.88 Å². The molecule has 2 N–H and O–H groups in total. The van der Waals surface area contributed by atoms with E-state index in [4.69, 9.17) is 9.15 Å². The number of hydrogen-bond acceptors (Lipinski definition) is 5. The molecular formula is C20H18N2O5. The number of para-hydroxylation sites is 1. The molecule has 3 heterocycles. The van der Waals surface area contributed by atoms with Gasteiger partial charge in [0.05, 0.1) is 24.5 Å². The molecule has 0 fully saturated rings. The molecule has 0 radical (unpaired) electrons. The highest BCUT2D eigenvalue weighted by atomic mass is 16.5. The number of aliphatic hydroxyl groups excluding tert-OH is 1. The van der Waals surface area contributed by atoms with Gasteiger partial charge in [0, 0.05) is 36.3 Å². The third kappa shape index (κ3) is 2.72. The second-order valence-corrected chi connectivity index (χ2v) is 6.25. The van der Waals surface area contributed by atoms with Crippen LogP contribution in [0.2, 0.25) is 0 Å². The molecule has 0 saturated carbocycles. The van der Waals surface area contributed by atoms with Crippen LogP contribution in [0.3, 0.4) is 0 Å². The van der Waals surface area contributed by atoms with Crippen LogP contribution in [0.15, 0.2) is 64.6 Å². The van der Waals surface area contributed by atoms with Crippen molar-refractivity contribution in [2.24, 2.45) is 0 Å². The van der Waals surface area contributed by atoms with E-state index in [2.05, 4.69) is 4.98 Å². The van der Waals surface area contributed by atoms with E-state index in [1.807, 2.05) is 24.3 Å². The van der Waals surface area contributed by atoms with Crippen molar-refractivity contribution in [2.75, 3.05) is 20.3 Å². The number of furan rings is 1. The van der Waals surface area contributed by atoms with Gasteiger partial charge in [0.1, 0.15) is 0 Å². The van der Waals surface area contributed by atoms with Gasteiger partial charge in [-0.1, -0.05) is 18.2 Å². The van der Waals surface area contributed by atoms with E-state index in [-0.39, 0.29) is 24.5 Å². The van der Waals surface area contributed by atoms with Gasteiger partial charge in [0.15, 0.2) is 11.5 Å². The second kappa shape index (κ2) is 6.77. The van der Waals surface area contributed by atoms with Gasteiger partial charge >= 0.3 is 0 Å². The summed E-state index contributed by atoms with van der Waals surface area (Å²) in [6.07, 6.45) is 3.14. The number of methoxy groups -OCH3 is 1. The van der Waals surface area contributed by atoms with E-state index >= 15 is 0 Å². The summed E-state index contributed by atoms with van der Waals surface area (Å²) in [6, 6.07) is 9.96. The molecule has 1 aliphatic heterocycles. The number of ketones is 1. The van der Waals surface area contributed by atoms with E-state index in [9.17, 15) is 14.7 Å². The first-order valence-corrected chi connectivity index (χ1v) is 8.50. The minimum Gasteiger partial charge on any atom is -0.503 e. The third-order valence-corrected chi connectivity index (χ3v) is 4.75. The monoisotopic (exact) mass is 366 g/mol. The largest absolute Gasteiger partial charge is 0.503 e. The summed E-state index contributed by atoms with van der Waals surface area (Å²) in [5.74, 6) is -1.59. The zero-order chi connectivity index (χ0) is 19.0. The summed E-state index contributed by atoms with van der Waals surface area (Å²) >= 11 is 0. The summed E-state index contributed by atoms with van der Waals surface area (Å²) in [5.41, 5.74) is 1.62. The molecule has 0 spiro atoms. The second-order valence-electron chi connectivity index (χ2n) is 6.25. The molecule has 7 nitrogen and oxygen atoms in total. The van der Waals surface area contributed by atoms with Gasteiger partial charge in [-0.2, -0.15) is 0 Å². The standard InChI is InChI=1S/C20H18N2O5/c1-26-10-8-22-17(13-11-21-14-6-3-2-5-12(13)14)16(19(24)20(22)25)18(23)15-7-4-9-27-15/h2-7,9,11,17,21,24H,8,10H2,1H3. The number of Topliss-reactive ketones (excluding diaryl/α,β-unsaturated/α-hetero) is 1. The average molecular weight is 366 g/mol. The Hall–Kier alpha value is -3.32. The highest BCUT2D eigenvalue weighted by Crippen LogP contribution is 2.41. The Bertz CT molecular complexity index is 1030. The van der Waals surface area contributed by atoms with Crippen LogP contribution >= 0.6 is 0 Å². The summed E-state index contributed by atoms with van der Waals surface area (Å²) in [7, 11) is 1.53. The molecule has 27 heavy (non-hydrogen) atoms. The first kappa shape index (κ1) is 17.1. The van der Waals surface area contributed by atoms with E-state index in [1.165, 1.54) is 24.3 Å². The van der Waals surface area contributed by atoms with Gasteiger partial charge < -0.3 is 24.1 Å². The number of H-pyrrole nitrogens is 1. The van der Waals surface area contributed by atoms with Crippen molar-refractivity contribution in [3.8, 4) is 0 Å². The SMILES string of the molecule is COCCN1C(=O)C(O)=C(C(=O)c2ccco2)C1c1c[nH]c2ccccc12. The Labute approximate surface area is 154 Å². The predicted molar refractivity (Wildman–Crippen MR) is 97.3 cm³/mol. The smallest absolute Gasteiger partial charge is 0.290 e. The van der Waals surface area contributed by atoms with Gasteiger partial charge in [-0.3, -0.25) is 9.59 Å². The molecule has 3 aromatic rings. The molecule has 4 rings (SSSR count). The zero-order valence-corrected chi connectivity index (χ0v) is 14.6. The zero-order valence-electron chi connectivity index (χ0n) is 14.6. The molecule has 0 bridgehead atoms. The van der Waals surface area contributed by atoms with E-state index in [0.29, 0.717) is 0 Å². The molecule has 1 amide bonds. The molecule has 2 aromatic heterocycles. The van der Waals surface area contributed by atoms with Gasteiger partial charge in [0.25, 0.3) is 5.91 Å². The molecule has 7 heteroatoms. The summed E-state index contributed by atoms with van der Waals surface area (Å²) in [5, 5.41) is 11.4. The molecule has 0 aliphatic carbocycles. The van der Waals surface area contributed by atoms with E-state index in [0.717, 1.165) is 16.5 Å². The molecule has 1 aliphatic rings. The van der Waals surface area contributed by atoms with Crippen molar-refractivity contribution in [1.29, 1.82) is 0 Å². The number of aromatic amines is 1. The van der Waals surface area contributed by atoms with Crippen LogP contribution < -0.4 is 0 Å². The fourth-order valence-corrected chi connectivity index (χ4v) is 3.49. The first-order valence-electron chi connectivity index (χ1n) is 8.50. The van der Waals surface area contributed by atoms with Gasteiger partial charge in [0.2, 0.25) is 5.78 Å². The maximum absolute atomic E-state index is 13.0. The fourth-order valence-electron chi connectivity index (χ4n) is 3.49. The Morgan fingerprint density at radius 2 is 2.11 bits per heavy atom. The van der Waals surface area contributed by atoms with Crippen LogP contribution in [0.4, 0.5) is 0 Å². The number of fused-ring (bicyclic) bond motifs is 1. The predicted octanol–water partition coefficient (Wildman–Crippen LogP) is 2.99. The lowest BCUT2D eigenvalue weighted by Crippen LogP contribution is -2.33. The Morgan fingerprint density at radius 1 is 1.30 bits per heavy atom. The Morgan fingerprint density at radius 3 is 2.85 bits per heavy atom.